The van der Waals surface area contributed by atoms with E-state index in [-0.39, 0.29) is 17.2 Å². The molecule has 1 fully saturated rings. The molecule has 6 nitrogen and oxygen atoms in total. The Kier molecular flexibility index (Phi) is 6.46. The SMILES string of the molecule is CC(C)(C)CNC(=O)N1CCN(S(=O)(=O)CCc2ccccc2)CC1. The van der Waals surface area contributed by atoms with Gasteiger partial charge in [-0.2, -0.15) is 4.31 Å². The number of rotatable bonds is 5. The summed E-state index contributed by atoms with van der Waals surface area (Å²) in [6, 6.07) is 9.51. The number of sulfonamides is 1. The van der Waals surface area contributed by atoms with Gasteiger partial charge in [-0.25, -0.2) is 13.2 Å². The van der Waals surface area contributed by atoms with Crippen molar-refractivity contribution in [2.45, 2.75) is 27.2 Å². The molecule has 1 aromatic rings. The lowest BCUT2D eigenvalue weighted by molar-refractivity contribution is 0.169. The molecule has 2 rings (SSSR count). The van der Waals surface area contributed by atoms with Gasteiger partial charge in [0.1, 0.15) is 0 Å². The number of carbonyl (C=O) groups is 1. The Morgan fingerprint density at radius 3 is 2.24 bits per heavy atom. The molecule has 140 valence electrons. The predicted molar refractivity (Wildman–Crippen MR) is 99.9 cm³/mol. The molecule has 25 heavy (non-hydrogen) atoms. The highest BCUT2D eigenvalue weighted by molar-refractivity contribution is 7.89. The largest absolute Gasteiger partial charge is 0.337 e. The molecule has 1 heterocycles. The van der Waals surface area contributed by atoms with Crippen LogP contribution in [0.1, 0.15) is 26.3 Å². The second-order valence-electron chi connectivity index (χ2n) is 7.66. The summed E-state index contributed by atoms with van der Waals surface area (Å²) < 4.78 is 26.5. The third-order valence-corrected chi connectivity index (χ3v) is 6.05. The smallest absolute Gasteiger partial charge is 0.317 e. The van der Waals surface area contributed by atoms with Crippen molar-refractivity contribution in [3.8, 4) is 0 Å². The van der Waals surface area contributed by atoms with Crippen LogP contribution >= 0.6 is 0 Å². The minimum Gasteiger partial charge on any atom is -0.337 e. The van der Waals surface area contributed by atoms with E-state index in [0.717, 1.165) is 5.56 Å². The number of hydrogen-bond acceptors (Lipinski definition) is 3. The first kappa shape index (κ1) is 19.7. The van der Waals surface area contributed by atoms with Crippen LogP contribution in [-0.2, 0) is 16.4 Å². The van der Waals surface area contributed by atoms with Crippen LogP contribution in [-0.4, -0.2) is 62.1 Å². The lowest BCUT2D eigenvalue weighted by Gasteiger charge is -2.34. The second kappa shape index (κ2) is 8.19. The maximum absolute atomic E-state index is 12.5. The average molecular weight is 368 g/mol. The van der Waals surface area contributed by atoms with Crippen LogP contribution in [0.25, 0.3) is 0 Å². The Morgan fingerprint density at radius 2 is 1.68 bits per heavy atom. The molecule has 2 amide bonds. The molecule has 0 aliphatic carbocycles. The number of urea groups is 1. The van der Waals surface area contributed by atoms with E-state index in [9.17, 15) is 13.2 Å². The number of hydrogen-bond donors (Lipinski definition) is 1. The van der Waals surface area contributed by atoms with E-state index < -0.39 is 10.0 Å². The molecule has 0 saturated carbocycles. The number of benzene rings is 1. The third kappa shape index (κ3) is 6.32. The number of nitrogens with one attached hydrogen (secondary N) is 1. The van der Waals surface area contributed by atoms with Crippen molar-refractivity contribution in [2.75, 3.05) is 38.5 Å². The van der Waals surface area contributed by atoms with Crippen LogP contribution in [0.2, 0.25) is 0 Å². The number of piperazine rings is 1. The van der Waals surface area contributed by atoms with E-state index in [4.69, 9.17) is 0 Å². The highest BCUT2D eigenvalue weighted by Gasteiger charge is 2.28. The second-order valence-corrected chi connectivity index (χ2v) is 9.75. The zero-order valence-electron chi connectivity index (χ0n) is 15.4. The first-order chi connectivity index (χ1) is 11.7. The first-order valence-electron chi connectivity index (χ1n) is 8.72. The fourth-order valence-corrected chi connectivity index (χ4v) is 4.11. The van der Waals surface area contributed by atoms with Crippen molar-refractivity contribution in [1.82, 2.24) is 14.5 Å². The van der Waals surface area contributed by atoms with Gasteiger partial charge in [-0.15, -0.1) is 0 Å². The summed E-state index contributed by atoms with van der Waals surface area (Å²) in [5.41, 5.74) is 1.05. The molecule has 0 atom stereocenters. The van der Waals surface area contributed by atoms with Gasteiger partial charge in [0.15, 0.2) is 0 Å². The summed E-state index contributed by atoms with van der Waals surface area (Å²) in [4.78, 5) is 13.8. The standard InChI is InChI=1S/C18H29N3O3S/c1-18(2,3)15-19-17(22)20-10-12-21(13-11-20)25(23,24)14-9-16-7-5-4-6-8-16/h4-8H,9-15H2,1-3H3,(H,19,22). The van der Waals surface area contributed by atoms with Gasteiger partial charge in [0.2, 0.25) is 10.0 Å². The molecular weight excluding hydrogens is 338 g/mol. The molecule has 0 radical (unpaired) electrons. The number of aryl methyl sites for hydroxylation is 1. The highest BCUT2D eigenvalue weighted by atomic mass is 32.2. The van der Waals surface area contributed by atoms with Crippen LogP contribution in [0.15, 0.2) is 30.3 Å². The maximum Gasteiger partial charge on any atom is 0.317 e. The lowest BCUT2D eigenvalue weighted by atomic mass is 9.97. The van der Waals surface area contributed by atoms with Gasteiger partial charge in [0.05, 0.1) is 5.75 Å². The molecule has 0 spiro atoms. The summed E-state index contributed by atoms with van der Waals surface area (Å²) in [6.07, 6.45) is 0.509. The monoisotopic (exact) mass is 367 g/mol. The van der Waals surface area contributed by atoms with Crippen molar-refractivity contribution in [3.63, 3.8) is 0 Å². The molecule has 1 saturated heterocycles. The van der Waals surface area contributed by atoms with E-state index in [1.54, 1.807) is 4.90 Å². The molecule has 1 aliphatic heterocycles. The van der Waals surface area contributed by atoms with Gasteiger partial charge in [0, 0.05) is 32.7 Å². The van der Waals surface area contributed by atoms with Crippen LogP contribution in [0.5, 0.6) is 0 Å². The van der Waals surface area contributed by atoms with Crippen LogP contribution < -0.4 is 5.32 Å². The van der Waals surface area contributed by atoms with Crippen molar-refractivity contribution >= 4 is 16.1 Å². The van der Waals surface area contributed by atoms with E-state index in [0.29, 0.717) is 39.1 Å². The predicted octanol–water partition coefficient (Wildman–Crippen LogP) is 1.93. The Hall–Kier alpha value is -1.60. The fraction of sp³-hybridized carbons (Fsp3) is 0.611. The number of carbonyl (C=O) groups excluding carboxylic acids is 1. The number of nitrogens with zero attached hydrogens (tertiary/aromatic N) is 2. The molecule has 7 heteroatoms. The van der Waals surface area contributed by atoms with E-state index >= 15 is 0 Å². The zero-order valence-corrected chi connectivity index (χ0v) is 16.2. The van der Waals surface area contributed by atoms with Gasteiger partial charge in [0.25, 0.3) is 0 Å². The Morgan fingerprint density at radius 1 is 1.08 bits per heavy atom. The summed E-state index contributed by atoms with van der Waals surface area (Å²) in [7, 11) is -3.29. The zero-order chi connectivity index (χ0) is 18.5. The Bertz CT molecular complexity index is 661. The summed E-state index contributed by atoms with van der Waals surface area (Å²) >= 11 is 0. The van der Waals surface area contributed by atoms with Gasteiger partial charge < -0.3 is 10.2 Å². The van der Waals surface area contributed by atoms with E-state index in [1.807, 2.05) is 30.3 Å². The van der Waals surface area contributed by atoms with Crippen LogP contribution in [0.4, 0.5) is 4.79 Å². The van der Waals surface area contributed by atoms with Gasteiger partial charge in [-0.05, 0) is 17.4 Å². The lowest BCUT2D eigenvalue weighted by Crippen LogP contribution is -2.54. The third-order valence-electron chi connectivity index (χ3n) is 4.18. The first-order valence-corrected chi connectivity index (χ1v) is 10.3. The van der Waals surface area contributed by atoms with Crippen molar-refractivity contribution in [3.05, 3.63) is 35.9 Å². The van der Waals surface area contributed by atoms with Crippen LogP contribution in [0.3, 0.4) is 0 Å². The van der Waals surface area contributed by atoms with E-state index in [1.165, 1.54) is 4.31 Å². The molecule has 0 unspecified atom stereocenters. The topological polar surface area (TPSA) is 69.7 Å². The average Bonchev–Trinajstić information content (AvgIpc) is 2.58. The Balaban J connectivity index is 1.81. The van der Waals surface area contributed by atoms with Crippen molar-refractivity contribution < 1.29 is 13.2 Å². The quantitative estimate of drug-likeness (QED) is 0.865. The molecule has 1 aliphatic rings. The van der Waals surface area contributed by atoms with Crippen molar-refractivity contribution in [2.24, 2.45) is 5.41 Å². The fourth-order valence-electron chi connectivity index (χ4n) is 2.64. The van der Waals surface area contributed by atoms with Gasteiger partial charge in [-0.1, -0.05) is 51.1 Å². The summed E-state index contributed by atoms with van der Waals surface area (Å²) in [5.74, 6) is 0.104. The van der Waals surface area contributed by atoms with Crippen LogP contribution in [0, 0.1) is 5.41 Å². The minimum atomic E-state index is -3.29. The summed E-state index contributed by atoms with van der Waals surface area (Å²) in [6.45, 7) is 8.36. The highest BCUT2D eigenvalue weighted by Crippen LogP contribution is 2.13. The number of amides is 2. The van der Waals surface area contributed by atoms with Crippen molar-refractivity contribution in [1.29, 1.82) is 0 Å². The van der Waals surface area contributed by atoms with Gasteiger partial charge in [-0.3, -0.25) is 0 Å². The molecular formula is C18H29N3O3S. The van der Waals surface area contributed by atoms with Gasteiger partial charge >= 0.3 is 6.03 Å². The minimum absolute atomic E-state index is 0.0261. The normalized spacial score (nSPS) is 16.7. The Labute approximate surface area is 151 Å². The maximum atomic E-state index is 12.5. The molecule has 1 N–H and O–H groups in total. The molecule has 0 bridgehead atoms. The summed E-state index contributed by atoms with van der Waals surface area (Å²) in [5, 5.41) is 2.91. The van der Waals surface area contributed by atoms with E-state index in [2.05, 4.69) is 26.1 Å². The molecule has 0 aromatic heterocycles. The molecule has 1 aromatic carbocycles.